The molecule has 0 fully saturated rings. The molecule has 1 aliphatic rings. The van der Waals surface area contributed by atoms with E-state index in [9.17, 15) is 0 Å². The molecule has 70 valence electrons. The maximum absolute atomic E-state index is 4.06. The molecule has 0 saturated carbocycles. The molecule has 1 aromatic heterocycles. The third-order valence-corrected chi connectivity index (χ3v) is 1.88. The van der Waals surface area contributed by atoms with E-state index in [0.717, 1.165) is 6.54 Å². The zero-order chi connectivity index (χ0) is 9.68. The lowest BCUT2D eigenvalue weighted by atomic mass is 10.1. The summed E-state index contributed by atoms with van der Waals surface area (Å²) < 4.78 is 0. The van der Waals surface area contributed by atoms with Crippen LogP contribution in [0.3, 0.4) is 0 Å². The molecule has 2 heteroatoms. The molecule has 0 aromatic carbocycles. The largest absolute Gasteiger partial charge is 0.384 e. The average Bonchev–Trinajstić information content (AvgIpc) is 2.21. The van der Waals surface area contributed by atoms with Crippen LogP contribution in [0.1, 0.15) is 31.9 Å². The molecule has 0 atom stereocenters. The Kier molecular flexibility index (Phi) is 3.50. The van der Waals surface area contributed by atoms with Gasteiger partial charge in [0.25, 0.3) is 0 Å². The Bertz CT molecular complexity index is 303. The van der Waals surface area contributed by atoms with Gasteiger partial charge in [-0.15, -0.1) is 0 Å². The van der Waals surface area contributed by atoms with Gasteiger partial charge in [0.05, 0.1) is 0 Å². The van der Waals surface area contributed by atoms with Gasteiger partial charge < -0.3 is 5.32 Å². The molecule has 0 spiro atoms. The standard InChI is InChI=1S/C9H10N2.C2H6/c1-7-4-9-5-10-3-2-8(9)6-11-7;1-2/h2-5,11H,6H2,1H3;1-2H3. The number of nitrogens with zero attached hydrogens (tertiary/aromatic N) is 1. The second-order valence-corrected chi connectivity index (χ2v) is 2.76. The van der Waals surface area contributed by atoms with Crippen molar-refractivity contribution < 1.29 is 0 Å². The summed E-state index contributed by atoms with van der Waals surface area (Å²) >= 11 is 0. The molecule has 2 heterocycles. The maximum atomic E-state index is 4.06. The van der Waals surface area contributed by atoms with E-state index in [1.807, 2.05) is 32.3 Å². The van der Waals surface area contributed by atoms with E-state index in [0.29, 0.717) is 0 Å². The molecule has 1 aromatic rings. The van der Waals surface area contributed by atoms with Crippen LogP contribution in [0.2, 0.25) is 0 Å². The molecule has 0 aliphatic carbocycles. The number of allylic oxidation sites excluding steroid dienone is 1. The van der Waals surface area contributed by atoms with E-state index in [4.69, 9.17) is 0 Å². The summed E-state index contributed by atoms with van der Waals surface area (Å²) in [6.07, 6.45) is 5.85. The number of pyridine rings is 1. The van der Waals surface area contributed by atoms with Gasteiger partial charge in [0.1, 0.15) is 0 Å². The maximum Gasteiger partial charge on any atom is 0.0404 e. The first-order chi connectivity index (χ1) is 6.36. The van der Waals surface area contributed by atoms with Gasteiger partial charge in [-0.25, -0.2) is 0 Å². The van der Waals surface area contributed by atoms with Crippen LogP contribution in [0, 0.1) is 0 Å². The molecule has 0 amide bonds. The number of rotatable bonds is 0. The van der Waals surface area contributed by atoms with Crippen LogP contribution in [-0.2, 0) is 6.54 Å². The van der Waals surface area contributed by atoms with Crippen molar-refractivity contribution in [3.63, 3.8) is 0 Å². The number of nitrogens with one attached hydrogen (secondary N) is 1. The summed E-state index contributed by atoms with van der Waals surface area (Å²) in [4.78, 5) is 4.06. The Morgan fingerprint density at radius 1 is 1.38 bits per heavy atom. The molecule has 1 N–H and O–H groups in total. The highest BCUT2D eigenvalue weighted by Gasteiger charge is 2.04. The Morgan fingerprint density at radius 3 is 2.92 bits per heavy atom. The van der Waals surface area contributed by atoms with Crippen molar-refractivity contribution in [1.29, 1.82) is 0 Å². The zero-order valence-corrected chi connectivity index (χ0v) is 8.46. The summed E-state index contributed by atoms with van der Waals surface area (Å²) in [5, 5.41) is 3.27. The van der Waals surface area contributed by atoms with Crippen molar-refractivity contribution in [2.24, 2.45) is 0 Å². The second kappa shape index (κ2) is 4.65. The first-order valence-electron chi connectivity index (χ1n) is 4.71. The molecule has 0 unspecified atom stereocenters. The summed E-state index contributed by atoms with van der Waals surface area (Å²) in [5.41, 5.74) is 3.78. The quantitative estimate of drug-likeness (QED) is 0.657. The van der Waals surface area contributed by atoms with Crippen molar-refractivity contribution in [3.05, 3.63) is 35.3 Å². The molecule has 1 aliphatic heterocycles. The van der Waals surface area contributed by atoms with E-state index in [2.05, 4.69) is 23.3 Å². The second-order valence-electron chi connectivity index (χ2n) is 2.76. The summed E-state index contributed by atoms with van der Waals surface area (Å²) in [6.45, 7) is 7.00. The molecule has 0 saturated heterocycles. The van der Waals surface area contributed by atoms with E-state index in [-0.39, 0.29) is 0 Å². The highest BCUT2D eigenvalue weighted by molar-refractivity contribution is 5.56. The highest BCUT2D eigenvalue weighted by Crippen LogP contribution is 2.15. The number of hydrogen-bond acceptors (Lipinski definition) is 2. The van der Waals surface area contributed by atoms with Crippen LogP contribution < -0.4 is 5.32 Å². The van der Waals surface area contributed by atoms with Gasteiger partial charge in [-0.1, -0.05) is 13.8 Å². The fourth-order valence-electron chi connectivity index (χ4n) is 1.25. The van der Waals surface area contributed by atoms with Crippen LogP contribution in [-0.4, -0.2) is 4.98 Å². The zero-order valence-electron chi connectivity index (χ0n) is 8.46. The molecule has 2 nitrogen and oxygen atoms in total. The smallest absolute Gasteiger partial charge is 0.0404 e. The highest BCUT2D eigenvalue weighted by atomic mass is 14.9. The van der Waals surface area contributed by atoms with Crippen LogP contribution >= 0.6 is 0 Å². The molecular formula is C11H16N2. The predicted octanol–water partition coefficient (Wildman–Crippen LogP) is 2.57. The Balaban J connectivity index is 0.000000396. The third-order valence-electron chi connectivity index (χ3n) is 1.88. The summed E-state index contributed by atoms with van der Waals surface area (Å²) in [7, 11) is 0. The van der Waals surface area contributed by atoms with Crippen LogP contribution in [0.25, 0.3) is 6.08 Å². The summed E-state index contributed by atoms with van der Waals surface area (Å²) in [5.74, 6) is 0. The Labute approximate surface area is 79.7 Å². The van der Waals surface area contributed by atoms with Gasteiger partial charge in [0.2, 0.25) is 0 Å². The number of hydrogen-bond donors (Lipinski definition) is 1. The average molecular weight is 176 g/mol. The molecular weight excluding hydrogens is 160 g/mol. The van der Waals surface area contributed by atoms with Gasteiger partial charge in [0, 0.05) is 24.6 Å². The van der Waals surface area contributed by atoms with E-state index < -0.39 is 0 Å². The van der Waals surface area contributed by atoms with Crippen molar-refractivity contribution in [2.75, 3.05) is 0 Å². The van der Waals surface area contributed by atoms with Gasteiger partial charge in [-0.05, 0) is 30.2 Å². The lowest BCUT2D eigenvalue weighted by molar-refractivity contribution is 0.800. The van der Waals surface area contributed by atoms with Crippen molar-refractivity contribution in [2.45, 2.75) is 27.3 Å². The minimum Gasteiger partial charge on any atom is -0.384 e. The minimum absolute atomic E-state index is 0.931. The van der Waals surface area contributed by atoms with Crippen LogP contribution in [0.5, 0.6) is 0 Å². The fourth-order valence-corrected chi connectivity index (χ4v) is 1.25. The lowest BCUT2D eigenvalue weighted by Gasteiger charge is -2.14. The first-order valence-corrected chi connectivity index (χ1v) is 4.71. The normalized spacial score (nSPS) is 13.0. The third kappa shape index (κ3) is 2.31. The van der Waals surface area contributed by atoms with Gasteiger partial charge in [-0.3, -0.25) is 4.98 Å². The molecule has 2 rings (SSSR count). The monoisotopic (exact) mass is 176 g/mol. The first kappa shape index (κ1) is 9.78. The molecule has 0 bridgehead atoms. The van der Waals surface area contributed by atoms with E-state index in [1.165, 1.54) is 16.8 Å². The number of aromatic nitrogens is 1. The van der Waals surface area contributed by atoms with Crippen molar-refractivity contribution >= 4 is 6.08 Å². The van der Waals surface area contributed by atoms with Gasteiger partial charge >= 0.3 is 0 Å². The summed E-state index contributed by atoms with van der Waals surface area (Å²) in [6, 6.07) is 2.05. The lowest BCUT2D eigenvalue weighted by Crippen LogP contribution is -2.15. The number of fused-ring (bicyclic) bond motifs is 1. The fraction of sp³-hybridized carbons (Fsp3) is 0.364. The van der Waals surface area contributed by atoms with Gasteiger partial charge in [0.15, 0.2) is 0 Å². The van der Waals surface area contributed by atoms with Crippen molar-refractivity contribution in [1.82, 2.24) is 10.3 Å². The van der Waals surface area contributed by atoms with Crippen LogP contribution in [0.15, 0.2) is 24.2 Å². The topological polar surface area (TPSA) is 24.9 Å². The minimum atomic E-state index is 0.931. The molecule has 13 heavy (non-hydrogen) atoms. The van der Waals surface area contributed by atoms with Gasteiger partial charge in [-0.2, -0.15) is 0 Å². The molecule has 0 radical (unpaired) electrons. The van der Waals surface area contributed by atoms with Crippen LogP contribution in [0.4, 0.5) is 0 Å². The van der Waals surface area contributed by atoms with E-state index in [1.54, 1.807) is 0 Å². The predicted molar refractivity (Wildman–Crippen MR) is 56.1 cm³/mol. The Morgan fingerprint density at radius 2 is 2.15 bits per heavy atom. The Hall–Kier alpha value is -1.31. The van der Waals surface area contributed by atoms with Crippen molar-refractivity contribution in [3.8, 4) is 0 Å². The van der Waals surface area contributed by atoms with E-state index >= 15 is 0 Å². The SMILES string of the molecule is CC.CC1=Cc2cnccc2CN1.